The molecule has 0 saturated heterocycles. The van der Waals surface area contributed by atoms with E-state index in [0.29, 0.717) is 17.0 Å². The second kappa shape index (κ2) is 6.75. The van der Waals surface area contributed by atoms with Gasteiger partial charge in [0, 0.05) is 12.0 Å². The Balaban J connectivity index is 1.89. The monoisotopic (exact) mass is 349 g/mol. The molecule has 0 unspecified atom stereocenters. The quantitative estimate of drug-likeness (QED) is 0.726. The molecule has 0 fully saturated rings. The minimum atomic E-state index is -4.35. The molecule has 0 aliphatic rings. The van der Waals surface area contributed by atoms with Gasteiger partial charge < -0.3 is 5.11 Å². The van der Waals surface area contributed by atoms with Crippen LogP contribution in [0.5, 0.6) is 0 Å². The predicted molar refractivity (Wildman–Crippen MR) is 87.7 cm³/mol. The molecule has 2 nitrogen and oxygen atoms in total. The zero-order valence-electron chi connectivity index (χ0n) is 12.5. The molecule has 0 aliphatic carbocycles. The Labute approximate surface area is 141 Å². The van der Waals surface area contributed by atoms with E-state index in [4.69, 9.17) is 0 Å². The van der Waals surface area contributed by atoms with Crippen molar-refractivity contribution in [3.63, 3.8) is 0 Å². The van der Waals surface area contributed by atoms with Crippen LogP contribution < -0.4 is 0 Å². The topological polar surface area (TPSA) is 33.1 Å². The summed E-state index contributed by atoms with van der Waals surface area (Å²) in [5.74, 6) is 0. The van der Waals surface area contributed by atoms with Crippen molar-refractivity contribution >= 4 is 11.3 Å². The highest BCUT2D eigenvalue weighted by molar-refractivity contribution is 7.15. The van der Waals surface area contributed by atoms with Crippen LogP contribution in [0.2, 0.25) is 0 Å². The number of aliphatic hydroxyl groups excluding tert-OH is 1. The number of aliphatic hydroxyl groups is 1. The van der Waals surface area contributed by atoms with Gasteiger partial charge in [0.05, 0.1) is 22.7 Å². The summed E-state index contributed by atoms with van der Waals surface area (Å²) < 4.78 is 37.9. The van der Waals surface area contributed by atoms with Crippen molar-refractivity contribution in [2.75, 3.05) is 0 Å². The van der Waals surface area contributed by atoms with Gasteiger partial charge in [-0.3, -0.25) is 0 Å². The fraction of sp³-hybridized carbons (Fsp3) is 0.167. The molecule has 0 spiro atoms. The number of hydrogen-bond acceptors (Lipinski definition) is 3. The van der Waals surface area contributed by atoms with Gasteiger partial charge in [0.1, 0.15) is 5.01 Å². The van der Waals surface area contributed by atoms with Gasteiger partial charge in [0.25, 0.3) is 0 Å². The van der Waals surface area contributed by atoms with Crippen LogP contribution in [0.1, 0.15) is 21.7 Å². The van der Waals surface area contributed by atoms with Crippen LogP contribution in [-0.2, 0) is 19.2 Å². The van der Waals surface area contributed by atoms with Gasteiger partial charge in [-0.05, 0) is 17.7 Å². The molecular weight excluding hydrogens is 335 g/mol. The number of aromatic nitrogens is 1. The average molecular weight is 349 g/mol. The van der Waals surface area contributed by atoms with E-state index >= 15 is 0 Å². The van der Waals surface area contributed by atoms with Crippen molar-refractivity contribution in [3.8, 4) is 10.6 Å². The molecule has 0 atom stereocenters. The highest BCUT2D eigenvalue weighted by Crippen LogP contribution is 2.33. The zero-order chi connectivity index (χ0) is 17.2. The van der Waals surface area contributed by atoms with Crippen LogP contribution in [0, 0.1) is 0 Å². The third-order valence-electron chi connectivity index (χ3n) is 3.60. The highest BCUT2D eigenvalue weighted by Gasteiger charge is 2.30. The van der Waals surface area contributed by atoms with Crippen molar-refractivity contribution in [2.24, 2.45) is 0 Å². The maximum atomic E-state index is 12.6. The van der Waals surface area contributed by atoms with Crippen LogP contribution in [0.4, 0.5) is 13.2 Å². The van der Waals surface area contributed by atoms with E-state index in [2.05, 4.69) is 4.98 Å². The summed E-state index contributed by atoms with van der Waals surface area (Å²) in [4.78, 5) is 5.25. The molecular formula is C18H14F3NOS. The normalized spacial score (nSPS) is 11.7. The zero-order valence-corrected chi connectivity index (χ0v) is 13.4. The third kappa shape index (κ3) is 3.66. The summed E-state index contributed by atoms with van der Waals surface area (Å²) in [6.07, 6.45) is -3.77. The Hall–Kier alpha value is -2.18. The Morgan fingerprint density at radius 1 is 0.958 bits per heavy atom. The molecule has 0 saturated carbocycles. The lowest BCUT2D eigenvalue weighted by Crippen LogP contribution is -2.03. The average Bonchev–Trinajstić information content (AvgIpc) is 2.98. The largest absolute Gasteiger partial charge is 0.416 e. The van der Waals surface area contributed by atoms with Gasteiger partial charge >= 0.3 is 6.18 Å². The second-order valence-electron chi connectivity index (χ2n) is 5.28. The summed E-state index contributed by atoms with van der Waals surface area (Å²) in [5.41, 5.74) is 1.75. The van der Waals surface area contributed by atoms with Gasteiger partial charge in [0.15, 0.2) is 0 Å². The molecule has 0 aliphatic heterocycles. The number of nitrogens with zero attached hydrogens (tertiary/aromatic N) is 1. The minimum Gasteiger partial charge on any atom is -0.391 e. The van der Waals surface area contributed by atoms with Crippen LogP contribution in [0.15, 0.2) is 54.6 Å². The van der Waals surface area contributed by atoms with E-state index in [1.807, 2.05) is 30.3 Å². The first-order valence-corrected chi connectivity index (χ1v) is 8.10. The maximum Gasteiger partial charge on any atom is 0.416 e. The van der Waals surface area contributed by atoms with E-state index in [1.165, 1.54) is 23.5 Å². The van der Waals surface area contributed by atoms with Gasteiger partial charge in [-0.15, -0.1) is 11.3 Å². The molecule has 1 aromatic heterocycles. The van der Waals surface area contributed by atoms with Crippen molar-refractivity contribution in [1.29, 1.82) is 0 Å². The molecule has 3 aromatic rings. The van der Waals surface area contributed by atoms with Crippen molar-refractivity contribution in [2.45, 2.75) is 19.2 Å². The number of rotatable bonds is 4. The number of hydrogen-bond donors (Lipinski definition) is 1. The lowest BCUT2D eigenvalue weighted by atomic mass is 10.1. The first-order valence-electron chi connectivity index (χ1n) is 7.28. The number of halogens is 3. The first kappa shape index (κ1) is 16.7. The molecule has 0 bridgehead atoms. The molecule has 3 rings (SSSR count). The van der Waals surface area contributed by atoms with Crippen molar-refractivity contribution in [3.05, 3.63) is 76.3 Å². The van der Waals surface area contributed by atoms with E-state index in [0.717, 1.165) is 28.3 Å². The van der Waals surface area contributed by atoms with Gasteiger partial charge in [0.2, 0.25) is 0 Å². The molecule has 6 heteroatoms. The first-order chi connectivity index (χ1) is 11.5. The summed E-state index contributed by atoms with van der Waals surface area (Å²) in [7, 11) is 0. The molecule has 124 valence electrons. The smallest absolute Gasteiger partial charge is 0.391 e. The van der Waals surface area contributed by atoms with Gasteiger partial charge in [-0.25, -0.2) is 4.98 Å². The summed E-state index contributed by atoms with van der Waals surface area (Å²) in [5, 5.41) is 10.1. The summed E-state index contributed by atoms with van der Waals surface area (Å²) in [6.45, 7) is -0.138. The molecule has 1 heterocycles. The lowest BCUT2D eigenvalue weighted by Gasteiger charge is -2.06. The fourth-order valence-electron chi connectivity index (χ4n) is 2.36. The van der Waals surface area contributed by atoms with E-state index in [1.54, 1.807) is 0 Å². The lowest BCUT2D eigenvalue weighted by molar-refractivity contribution is -0.137. The Bertz CT molecular complexity index is 811. The number of alkyl halides is 3. The SMILES string of the molecule is OCc1sc(-c2ccc(C(F)(F)F)cc2)nc1Cc1ccccc1. The maximum absolute atomic E-state index is 12.6. The summed E-state index contributed by atoms with van der Waals surface area (Å²) in [6, 6.07) is 14.6. The molecule has 24 heavy (non-hydrogen) atoms. The summed E-state index contributed by atoms with van der Waals surface area (Å²) >= 11 is 1.30. The third-order valence-corrected chi connectivity index (χ3v) is 4.73. The Kier molecular flexibility index (Phi) is 4.69. The van der Waals surface area contributed by atoms with Crippen LogP contribution in [0.3, 0.4) is 0 Å². The van der Waals surface area contributed by atoms with E-state index in [9.17, 15) is 18.3 Å². The van der Waals surface area contributed by atoms with Crippen LogP contribution in [0.25, 0.3) is 10.6 Å². The van der Waals surface area contributed by atoms with E-state index < -0.39 is 11.7 Å². The van der Waals surface area contributed by atoms with Crippen LogP contribution in [-0.4, -0.2) is 10.1 Å². The Morgan fingerprint density at radius 2 is 1.62 bits per heavy atom. The Morgan fingerprint density at radius 3 is 2.21 bits per heavy atom. The van der Waals surface area contributed by atoms with Gasteiger partial charge in [-0.2, -0.15) is 13.2 Å². The van der Waals surface area contributed by atoms with Crippen molar-refractivity contribution < 1.29 is 18.3 Å². The fourth-order valence-corrected chi connectivity index (χ4v) is 3.30. The second-order valence-corrected chi connectivity index (χ2v) is 6.37. The van der Waals surface area contributed by atoms with Crippen LogP contribution >= 0.6 is 11.3 Å². The molecule has 2 aromatic carbocycles. The predicted octanol–water partition coefficient (Wildman–Crippen LogP) is 4.91. The molecule has 1 N–H and O–H groups in total. The number of benzene rings is 2. The molecule has 0 radical (unpaired) electrons. The standard InChI is InChI=1S/C18H14F3NOS/c19-18(20,21)14-8-6-13(7-9-14)17-22-15(16(11-23)24-17)10-12-4-2-1-3-5-12/h1-9,23H,10-11H2. The molecule has 0 amide bonds. The van der Waals surface area contributed by atoms with Gasteiger partial charge in [-0.1, -0.05) is 42.5 Å². The minimum absolute atomic E-state index is 0.138. The van der Waals surface area contributed by atoms with E-state index in [-0.39, 0.29) is 6.61 Å². The number of thiazole rings is 1. The van der Waals surface area contributed by atoms with Crippen molar-refractivity contribution in [1.82, 2.24) is 4.98 Å². The highest BCUT2D eigenvalue weighted by atomic mass is 32.1.